The van der Waals surface area contributed by atoms with Gasteiger partial charge in [-0.1, -0.05) is 6.07 Å². The molecule has 6 nitrogen and oxygen atoms in total. The van der Waals surface area contributed by atoms with Crippen LogP contribution in [0.1, 0.15) is 44.7 Å². The minimum atomic E-state index is -0.523. The molecule has 2 aromatic rings. The molecule has 4 rings (SSSR count). The van der Waals surface area contributed by atoms with Crippen LogP contribution in [0.4, 0.5) is 14.9 Å². The summed E-state index contributed by atoms with van der Waals surface area (Å²) in [6.45, 7) is 5.44. The van der Waals surface area contributed by atoms with Crippen molar-refractivity contribution in [1.29, 1.82) is 0 Å². The van der Waals surface area contributed by atoms with Gasteiger partial charge in [-0.25, -0.2) is 9.18 Å². The van der Waals surface area contributed by atoms with E-state index in [1.54, 1.807) is 0 Å². The molecule has 2 aliphatic rings. The van der Waals surface area contributed by atoms with Gasteiger partial charge in [-0.15, -0.1) is 0 Å². The Balaban J connectivity index is 1.37. The lowest BCUT2D eigenvalue weighted by atomic mass is 9.93. The Morgan fingerprint density at radius 1 is 1.00 bits per heavy atom. The molecule has 0 aliphatic heterocycles. The van der Waals surface area contributed by atoms with Crippen LogP contribution in [-0.2, 0) is 22.4 Å². The van der Waals surface area contributed by atoms with Crippen molar-refractivity contribution in [2.75, 3.05) is 11.9 Å². The Bertz CT molecular complexity index is 1020. The van der Waals surface area contributed by atoms with E-state index >= 15 is 0 Å². The summed E-state index contributed by atoms with van der Waals surface area (Å²) < 4.78 is 23.9. The topological polar surface area (TPSA) is 76.7 Å². The molecule has 0 radical (unpaired) electrons. The fourth-order valence-corrected chi connectivity index (χ4v) is 4.84. The van der Waals surface area contributed by atoms with Gasteiger partial charge in [-0.2, -0.15) is 0 Å². The van der Waals surface area contributed by atoms with Crippen molar-refractivity contribution in [3.8, 4) is 5.75 Å². The summed E-state index contributed by atoms with van der Waals surface area (Å²) in [5.41, 5.74) is 2.66. The molecule has 33 heavy (non-hydrogen) atoms. The number of carbonyl (C=O) groups excluding carboxylic acids is 2. The van der Waals surface area contributed by atoms with Gasteiger partial charge in [0.15, 0.2) is 6.61 Å². The van der Waals surface area contributed by atoms with Gasteiger partial charge in [-0.05, 0) is 106 Å². The Labute approximate surface area is 193 Å². The normalized spacial score (nSPS) is 21.5. The number of halogens is 1. The number of anilines is 1. The lowest BCUT2D eigenvalue weighted by Crippen LogP contribution is -2.44. The van der Waals surface area contributed by atoms with Gasteiger partial charge in [0.1, 0.15) is 17.2 Å². The van der Waals surface area contributed by atoms with Crippen molar-refractivity contribution >= 4 is 17.7 Å². The largest absolute Gasteiger partial charge is 0.484 e. The molecule has 176 valence electrons. The van der Waals surface area contributed by atoms with Crippen LogP contribution in [0.5, 0.6) is 5.75 Å². The first-order valence-corrected chi connectivity index (χ1v) is 11.5. The highest BCUT2D eigenvalue weighted by atomic mass is 19.1. The van der Waals surface area contributed by atoms with Crippen molar-refractivity contribution in [3.63, 3.8) is 0 Å². The second kappa shape index (κ2) is 9.41. The highest BCUT2D eigenvalue weighted by molar-refractivity contribution is 5.92. The monoisotopic (exact) mass is 454 g/mol. The molecule has 0 aromatic heterocycles. The number of fused-ring (bicyclic) bond motifs is 3. The molecule has 3 unspecified atom stereocenters. The molecular weight excluding hydrogens is 423 g/mol. The van der Waals surface area contributed by atoms with Crippen LogP contribution >= 0.6 is 0 Å². The van der Waals surface area contributed by atoms with Crippen LogP contribution in [0.3, 0.4) is 0 Å². The van der Waals surface area contributed by atoms with Crippen molar-refractivity contribution < 1.29 is 23.5 Å². The third-order valence-electron chi connectivity index (χ3n) is 6.25. The molecule has 1 fully saturated rings. The summed E-state index contributed by atoms with van der Waals surface area (Å²) in [4.78, 5) is 24.7. The van der Waals surface area contributed by atoms with Crippen LogP contribution in [0, 0.1) is 17.7 Å². The Morgan fingerprint density at radius 3 is 2.33 bits per heavy atom. The molecule has 2 bridgehead atoms. The number of benzene rings is 2. The minimum Gasteiger partial charge on any atom is -0.484 e. The molecule has 7 heteroatoms. The van der Waals surface area contributed by atoms with E-state index < -0.39 is 5.60 Å². The molecule has 3 atom stereocenters. The number of ether oxygens (including phenoxy) is 2. The van der Waals surface area contributed by atoms with Gasteiger partial charge in [0.25, 0.3) is 5.91 Å². The zero-order chi connectivity index (χ0) is 23.6. The summed E-state index contributed by atoms with van der Waals surface area (Å²) in [5, 5.41) is 6.00. The maximum Gasteiger partial charge on any atom is 0.407 e. The van der Waals surface area contributed by atoms with Crippen LogP contribution < -0.4 is 15.4 Å². The van der Waals surface area contributed by atoms with Crippen molar-refractivity contribution in [2.24, 2.45) is 11.8 Å². The second-order valence-electron chi connectivity index (χ2n) is 9.95. The van der Waals surface area contributed by atoms with Gasteiger partial charge in [-0.3, -0.25) is 4.79 Å². The van der Waals surface area contributed by atoms with Gasteiger partial charge in [0.2, 0.25) is 0 Å². The number of rotatable bonds is 5. The smallest absolute Gasteiger partial charge is 0.407 e. The number of hydrogen-bond acceptors (Lipinski definition) is 4. The maximum absolute atomic E-state index is 13.0. The van der Waals surface area contributed by atoms with Crippen LogP contribution in [-0.4, -0.2) is 30.3 Å². The first-order valence-electron chi connectivity index (χ1n) is 11.5. The van der Waals surface area contributed by atoms with E-state index in [9.17, 15) is 14.0 Å². The van der Waals surface area contributed by atoms with Crippen LogP contribution in [0.2, 0.25) is 0 Å². The van der Waals surface area contributed by atoms with E-state index in [4.69, 9.17) is 9.47 Å². The van der Waals surface area contributed by atoms with E-state index in [-0.39, 0.29) is 30.5 Å². The molecule has 2 aliphatic carbocycles. The Hall–Kier alpha value is -3.09. The molecular formula is C26H31FN2O4. The lowest BCUT2D eigenvalue weighted by Gasteiger charge is -2.26. The number of nitrogens with one attached hydrogen (secondary N) is 2. The van der Waals surface area contributed by atoms with Crippen LogP contribution in [0.15, 0.2) is 42.5 Å². The average molecular weight is 455 g/mol. The van der Waals surface area contributed by atoms with Crippen molar-refractivity contribution in [3.05, 3.63) is 59.4 Å². The third-order valence-corrected chi connectivity index (χ3v) is 6.25. The van der Waals surface area contributed by atoms with Gasteiger partial charge >= 0.3 is 6.09 Å². The van der Waals surface area contributed by atoms with Gasteiger partial charge in [0.05, 0.1) is 0 Å². The molecule has 0 saturated heterocycles. The predicted octanol–water partition coefficient (Wildman–Crippen LogP) is 4.86. The molecule has 2 amide bonds. The number of hydrogen-bond donors (Lipinski definition) is 2. The predicted molar refractivity (Wildman–Crippen MR) is 124 cm³/mol. The average Bonchev–Trinajstić information content (AvgIpc) is 3.00. The van der Waals surface area contributed by atoms with E-state index in [1.165, 1.54) is 35.4 Å². The SMILES string of the molecule is CC(C)(C)OC(=O)NC1C2CCC1Cc1cc(NC(=O)COc3ccc(F)cc3)ccc1C2. The van der Waals surface area contributed by atoms with E-state index in [1.807, 2.05) is 32.9 Å². The summed E-state index contributed by atoms with van der Waals surface area (Å²) in [7, 11) is 0. The lowest BCUT2D eigenvalue weighted by molar-refractivity contribution is -0.118. The standard InChI is InChI=1S/C26H31FN2O4/c1-26(2,3)33-25(31)29-24-17-4-5-18(24)13-19-14-21(9-6-16(19)12-17)28-23(30)15-32-22-10-7-20(27)8-11-22/h6-11,14,17-18,24H,4-5,12-13,15H2,1-3H3,(H,28,30)(H,29,31). The zero-order valence-electron chi connectivity index (χ0n) is 19.3. The molecule has 1 saturated carbocycles. The summed E-state index contributed by atoms with van der Waals surface area (Å²) in [6, 6.07) is 11.6. The molecule has 0 heterocycles. The fourth-order valence-electron chi connectivity index (χ4n) is 4.84. The van der Waals surface area contributed by atoms with Gasteiger partial charge in [0, 0.05) is 11.7 Å². The molecule has 2 N–H and O–H groups in total. The Kier molecular flexibility index (Phi) is 6.58. The summed E-state index contributed by atoms with van der Waals surface area (Å²) in [5.74, 6) is 0.533. The summed E-state index contributed by atoms with van der Waals surface area (Å²) in [6.07, 6.45) is 3.54. The Morgan fingerprint density at radius 2 is 1.67 bits per heavy atom. The summed E-state index contributed by atoms with van der Waals surface area (Å²) >= 11 is 0. The maximum atomic E-state index is 13.0. The number of amides is 2. The molecule has 2 aromatic carbocycles. The quantitative estimate of drug-likeness (QED) is 0.676. The van der Waals surface area contributed by atoms with E-state index in [0.29, 0.717) is 17.6 Å². The third kappa shape index (κ3) is 6.03. The molecule has 0 spiro atoms. The van der Waals surface area contributed by atoms with Gasteiger partial charge < -0.3 is 20.1 Å². The number of alkyl carbamates (subject to hydrolysis) is 1. The van der Waals surface area contributed by atoms with Crippen molar-refractivity contribution in [1.82, 2.24) is 5.32 Å². The minimum absolute atomic E-state index is 0.0920. The second-order valence-corrected chi connectivity index (χ2v) is 9.95. The number of carbonyl (C=O) groups is 2. The zero-order valence-corrected chi connectivity index (χ0v) is 19.3. The first-order chi connectivity index (χ1) is 15.7. The fraction of sp³-hybridized carbons (Fsp3) is 0.462. The highest BCUT2D eigenvalue weighted by Crippen LogP contribution is 2.40. The first kappa shape index (κ1) is 23.1. The van der Waals surface area contributed by atoms with Crippen molar-refractivity contribution in [2.45, 2.75) is 58.1 Å². The van der Waals surface area contributed by atoms with Crippen LogP contribution in [0.25, 0.3) is 0 Å². The highest BCUT2D eigenvalue weighted by Gasteiger charge is 2.40. The van der Waals surface area contributed by atoms with E-state index in [0.717, 1.165) is 31.4 Å². The van der Waals surface area contributed by atoms with E-state index in [2.05, 4.69) is 16.7 Å².